The molecule has 2 aliphatic carbocycles. The molecule has 0 saturated heterocycles. The van der Waals surface area contributed by atoms with E-state index >= 15 is 0 Å². The number of carbonyl (C=O) groups is 1. The van der Waals surface area contributed by atoms with E-state index in [1.54, 1.807) is 0 Å². The van der Waals surface area contributed by atoms with Crippen molar-refractivity contribution in [1.82, 2.24) is 0 Å². The van der Waals surface area contributed by atoms with Crippen LogP contribution >= 0.6 is 0 Å². The molecule has 0 bridgehead atoms. The van der Waals surface area contributed by atoms with Gasteiger partial charge in [-0.05, 0) is 29.6 Å². The topological polar surface area (TPSA) is 37.3 Å². The predicted molar refractivity (Wildman–Crippen MR) is 59.6 cm³/mol. The number of carboxylic acids is 1. The Morgan fingerprint density at radius 2 is 1.67 bits per heavy atom. The quantitative estimate of drug-likeness (QED) is 0.759. The van der Waals surface area contributed by atoms with Crippen molar-refractivity contribution in [3.05, 3.63) is 0 Å². The summed E-state index contributed by atoms with van der Waals surface area (Å²) < 4.78 is 0. The highest BCUT2D eigenvalue weighted by atomic mass is 16.4. The van der Waals surface area contributed by atoms with E-state index in [2.05, 4.69) is 20.8 Å². The number of carboxylic acid groups (broad SMARTS) is 1. The van der Waals surface area contributed by atoms with Crippen molar-refractivity contribution in [2.45, 2.75) is 52.9 Å². The first kappa shape index (κ1) is 11.0. The molecule has 2 saturated carbocycles. The van der Waals surface area contributed by atoms with E-state index in [-0.39, 0.29) is 11.3 Å². The van der Waals surface area contributed by atoms with Crippen molar-refractivity contribution in [2.75, 3.05) is 0 Å². The molecule has 2 fully saturated rings. The minimum atomic E-state index is -0.586. The number of aliphatic carboxylic acids is 1. The van der Waals surface area contributed by atoms with Crippen LogP contribution in [0.1, 0.15) is 52.9 Å². The fourth-order valence-electron chi connectivity index (χ4n) is 4.07. The zero-order valence-electron chi connectivity index (χ0n) is 10.0. The third-order valence-electron chi connectivity index (χ3n) is 4.84. The molecule has 1 N–H and O–H groups in total. The number of hydrogen-bond acceptors (Lipinski definition) is 1. The van der Waals surface area contributed by atoms with Crippen LogP contribution in [0.25, 0.3) is 0 Å². The zero-order valence-corrected chi connectivity index (χ0v) is 10.0. The average molecular weight is 210 g/mol. The van der Waals surface area contributed by atoms with Gasteiger partial charge in [0, 0.05) is 0 Å². The monoisotopic (exact) mass is 210 g/mol. The predicted octanol–water partition coefficient (Wildman–Crippen LogP) is 3.31. The standard InChI is InChI=1S/C13H22O2/c1-12(2)9(11(14)15)10(12)13(3)7-5-4-6-8-13/h9-10H,4-8H2,1-3H3,(H,14,15). The van der Waals surface area contributed by atoms with Gasteiger partial charge in [-0.25, -0.2) is 0 Å². The SMILES string of the molecule is CC1(C2C(C(=O)O)C2(C)C)CCCCC1. The van der Waals surface area contributed by atoms with Gasteiger partial charge in [0.05, 0.1) is 5.92 Å². The van der Waals surface area contributed by atoms with Crippen molar-refractivity contribution in [2.24, 2.45) is 22.7 Å². The highest BCUT2D eigenvalue weighted by molar-refractivity contribution is 5.75. The molecule has 0 aliphatic heterocycles. The largest absolute Gasteiger partial charge is 0.481 e. The summed E-state index contributed by atoms with van der Waals surface area (Å²) in [6.07, 6.45) is 6.36. The van der Waals surface area contributed by atoms with Crippen molar-refractivity contribution in [3.8, 4) is 0 Å². The van der Waals surface area contributed by atoms with Crippen molar-refractivity contribution >= 4 is 5.97 Å². The lowest BCUT2D eigenvalue weighted by Crippen LogP contribution is -2.25. The summed E-state index contributed by atoms with van der Waals surface area (Å²) >= 11 is 0. The molecule has 0 spiro atoms. The van der Waals surface area contributed by atoms with E-state index in [0.29, 0.717) is 11.3 Å². The van der Waals surface area contributed by atoms with Gasteiger partial charge in [-0.3, -0.25) is 4.79 Å². The molecule has 2 rings (SSSR count). The Morgan fingerprint density at radius 3 is 2.07 bits per heavy atom. The molecule has 0 heterocycles. The molecule has 0 radical (unpaired) electrons. The van der Waals surface area contributed by atoms with Crippen LogP contribution in [-0.2, 0) is 4.79 Å². The number of rotatable bonds is 2. The first-order valence-corrected chi connectivity index (χ1v) is 6.12. The van der Waals surface area contributed by atoms with Crippen LogP contribution in [0, 0.1) is 22.7 Å². The van der Waals surface area contributed by atoms with Crippen LogP contribution in [0.3, 0.4) is 0 Å². The van der Waals surface area contributed by atoms with E-state index in [1.807, 2.05) is 0 Å². The third kappa shape index (κ3) is 1.58. The van der Waals surface area contributed by atoms with Gasteiger partial charge in [0.1, 0.15) is 0 Å². The summed E-state index contributed by atoms with van der Waals surface area (Å²) in [5.41, 5.74) is 0.322. The molecule has 86 valence electrons. The van der Waals surface area contributed by atoms with Crippen LogP contribution in [-0.4, -0.2) is 11.1 Å². The summed E-state index contributed by atoms with van der Waals surface area (Å²) in [6, 6.07) is 0. The Hall–Kier alpha value is -0.530. The Labute approximate surface area is 92.1 Å². The molecule has 0 aromatic carbocycles. The Kier molecular flexibility index (Phi) is 2.36. The fraction of sp³-hybridized carbons (Fsp3) is 0.923. The smallest absolute Gasteiger partial charge is 0.307 e. The van der Waals surface area contributed by atoms with Gasteiger partial charge in [-0.15, -0.1) is 0 Å². The zero-order chi connectivity index (χ0) is 11.3. The molecule has 2 atom stereocenters. The highest BCUT2D eigenvalue weighted by Crippen LogP contribution is 2.68. The molecule has 2 nitrogen and oxygen atoms in total. The van der Waals surface area contributed by atoms with Crippen molar-refractivity contribution in [3.63, 3.8) is 0 Å². The fourth-order valence-corrected chi connectivity index (χ4v) is 4.07. The average Bonchev–Trinajstić information content (AvgIpc) is 2.71. The maximum absolute atomic E-state index is 11.2. The van der Waals surface area contributed by atoms with Crippen LogP contribution < -0.4 is 0 Å². The number of hydrogen-bond donors (Lipinski definition) is 1. The minimum absolute atomic E-state index is 0.0257. The normalized spacial score (nSPS) is 37.3. The summed E-state index contributed by atoms with van der Waals surface area (Å²) in [5.74, 6) is -0.278. The van der Waals surface area contributed by atoms with Crippen molar-refractivity contribution < 1.29 is 9.90 Å². The molecular formula is C13H22O2. The van der Waals surface area contributed by atoms with E-state index < -0.39 is 5.97 Å². The van der Waals surface area contributed by atoms with Gasteiger partial charge < -0.3 is 5.11 Å². The maximum atomic E-state index is 11.2. The molecule has 15 heavy (non-hydrogen) atoms. The summed E-state index contributed by atoms with van der Waals surface area (Å²) in [7, 11) is 0. The summed E-state index contributed by atoms with van der Waals surface area (Å²) in [5, 5.41) is 9.20. The Morgan fingerprint density at radius 1 is 1.13 bits per heavy atom. The van der Waals surface area contributed by atoms with Crippen LogP contribution in [0.2, 0.25) is 0 Å². The lowest BCUT2D eigenvalue weighted by molar-refractivity contribution is -0.139. The van der Waals surface area contributed by atoms with E-state index in [4.69, 9.17) is 0 Å². The lowest BCUT2D eigenvalue weighted by Gasteiger charge is -2.35. The molecule has 2 aliphatic rings. The van der Waals surface area contributed by atoms with Gasteiger partial charge in [0.15, 0.2) is 0 Å². The first-order chi connectivity index (χ1) is 6.89. The van der Waals surface area contributed by atoms with E-state index in [0.717, 1.165) is 0 Å². The summed E-state index contributed by atoms with van der Waals surface area (Å²) in [4.78, 5) is 11.2. The second-order valence-corrected chi connectivity index (χ2v) is 6.33. The Bertz CT molecular complexity index is 274. The molecule has 2 unspecified atom stereocenters. The first-order valence-electron chi connectivity index (χ1n) is 6.12. The molecule has 0 amide bonds. The second-order valence-electron chi connectivity index (χ2n) is 6.33. The van der Waals surface area contributed by atoms with Crippen LogP contribution in [0.5, 0.6) is 0 Å². The maximum Gasteiger partial charge on any atom is 0.307 e. The van der Waals surface area contributed by atoms with Crippen LogP contribution in [0.4, 0.5) is 0 Å². The molecule has 0 aromatic heterocycles. The van der Waals surface area contributed by atoms with Gasteiger partial charge in [0.2, 0.25) is 0 Å². The van der Waals surface area contributed by atoms with Crippen LogP contribution in [0.15, 0.2) is 0 Å². The van der Waals surface area contributed by atoms with Crippen molar-refractivity contribution in [1.29, 1.82) is 0 Å². The molecule has 2 heteroatoms. The Balaban J connectivity index is 2.15. The van der Waals surface area contributed by atoms with E-state index in [9.17, 15) is 9.90 Å². The van der Waals surface area contributed by atoms with Gasteiger partial charge in [-0.2, -0.15) is 0 Å². The molecular weight excluding hydrogens is 188 g/mol. The third-order valence-corrected chi connectivity index (χ3v) is 4.84. The van der Waals surface area contributed by atoms with Gasteiger partial charge in [-0.1, -0.05) is 40.0 Å². The second kappa shape index (κ2) is 3.23. The highest BCUT2D eigenvalue weighted by Gasteiger charge is 2.67. The van der Waals surface area contributed by atoms with E-state index in [1.165, 1.54) is 32.1 Å². The van der Waals surface area contributed by atoms with Gasteiger partial charge in [0.25, 0.3) is 0 Å². The van der Waals surface area contributed by atoms with Gasteiger partial charge >= 0.3 is 5.97 Å². The summed E-state index contributed by atoms with van der Waals surface area (Å²) in [6.45, 7) is 6.55. The lowest BCUT2D eigenvalue weighted by atomic mass is 9.70. The molecule has 0 aromatic rings. The minimum Gasteiger partial charge on any atom is -0.481 e.